The molecular formula is C20H19NO3. The third-order valence-corrected chi connectivity index (χ3v) is 3.79. The van der Waals surface area contributed by atoms with Gasteiger partial charge in [-0.25, -0.2) is 0 Å². The highest BCUT2D eigenvalue weighted by Gasteiger charge is 2.11. The monoisotopic (exact) mass is 321 g/mol. The molecule has 1 atom stereocenters. The summed E-state index contributed by atoms with van der Waals surface area (Å²) in [6.45, 7) is 0.212. The van der Waals surface area contributed by atoms with Gasteiger partial charge in [0.25, 0.3) is 5.91 Å². The van der Waals surface area contributed by atoms with Gasteiger partial charge in [0.15, 0.2) is 0 Å². The molecule has 0 aliphatic heterocycles. The summed E-state index contributed by atoms with van der Waals surface area (Å²) in [5, 5.41) is 12.9. The molecule has 122 valence electrons. The molecule has 0 radical (unpaired) electrons. The van der Waals surface area contributed by atoms with Crippen LogP contribution in [0.3, 0.4) is 0 Å². The Morgan fingerprint density at radius 2 is 1.88 bits per heavy atom. The number of rotatable bonds is 6. The summed E-state index contributed by atoms with van der Waals surface area (Å²) in [5.74, 6) is -0.201. The second kappa shape index (κ2) is 7.62. The summed E-state index contributed by atoms with van der Waals surface area (Å²) in [7, 11) is 0. The molecule has 0 saturated carbocycles. The molecule has 0 saturated heterocycles. The van der Waals surface area contributed by atoms with Crippen LogP contribution in [-0.4, -0.2) is 23.7 Å². The molecule has 0 spiro atoms. The molecule has 0 bridgehead atoms. The van der Waals surface area contributed by atoms with Crippen LogP contribution < -0.4 is 5.32 Å². The highest BCUT2D eigenvalue weighted by atomic mass is 16.3. The van der Waals surface area contributed by atoms with Crippen LogP contribution in [0.5, 0.6) is 0 Å². The van der Waals surface area contributed by atoms with Crippen molar-refractivity contribution < 1.29 is 14.3 Å². The van der Waals surface area contributed by atoms with Crippen LogP contribution in [0.4, 0.5) is 0 Å². The van der Waals surface area contributed by atoms with Gasteiger partial charge in [0.2, 0.25) is 0 Å². The zero-order chi connectivity index (χ0) is 16.8. The largest absolute Gasteiger partial charge is 0.472 e. The molecule has 4 nitrogen and oxygen atoms in total. The van der Waals surface area contributed by atoms with Crippen LogP contribution in [0.15, 0.2) is 77.6 Å². The lowest BCUT2D eigenvalue weighted by atomic mass is 10.1. The molecule has 3 rings (SSSR count). The van der Waals surface area contributed by atoms with E-state index in [1.807, 2.05) is 54.6 Å². The van der Waals surface area contributed by atoms with E-state index >= 15 is 0 Å². The molecule has 0 aliphatic rings. The maximum Gasteiger partial charge on any atom is 0.251 e. The lowest BCUT2D eigenvalue weighted by Gasteiger charge is -2.12. The Bertz CT molecular complexity index is 782. The third kappa shape index (κ3) is 4.12. The van der Waals surface area contributed by atoms with Gasteiger partial charge in [0.05, 0.1) is 18.6 Å². The van der Waals surface area contributed by atoms with Crippen molar-refractivity contribution in [2.45, 2.75) is 12.5 Å². The first-order valence-electron chi connectivity index (χ1n) is 7.85. The fourth-order valence-electron chi connectivity index (χ4n) is 2.54. The fraction of sp³-hybridized carbons (Fsp3) is 0.150. The molecule has 3 aromatic rings. The molecule has 1 heterocycles. The summed E-state index contributed by atoms with van der Waals surface area (Å²) in [6.07, 6.45) is 3.13. The van der Waals surface area contributed by atoms with Crippen molar-refractivity contribution in [3.05, 3.63) is 84.3 Å². The minimum Gasteiger partial charge on any atom is -0.472 e. The Kier molecular flexibility index (Phi) is 5.08. The van der Waals surface area contributed by atoms with Crippen molar-refractivity contribution >= 4 is 5.91 Å². The smallest absolute Gasteiger partial charge is 0.251 e. The average Bonchev–Trinajstić information content (AvgIpc) is 3.15. The van der Waals surface area contributed by atoms with Crippen molar-refractivity contribution in [2.24, 2.45) is 0 Å². The Labute approximate surface area is 140 Å². The second-order valence-corrected chi connectivity index (χ2v) is 5.65. The zero-order valence-corrected chi connectivity index (χ0v) is 13.2. The van der Waals surface area contributed by atoms with Gasteiger partial charge >= 0.3 is 0 Å². The van der Waals surface area contributed by atoms with E-state index in [4.69, 9.17) is 4.42 Å². The Hall–Kier alpha value is -2.85. The minimum atomic E-state index is -0.617. The van der Waals surface area contributed by atoms with E-state index in [0.29, 0.717) is 12.0 Å². The predicted octanol–water partition coefficient (Wildman–Crippen LogP) is 3.28. The van der Waals surface area contributed by atoms with Crippen molar-refractivity contribution in [1.82, 2.24) is 5.32 Å². The number of nitrogens with one attached hydrogen (secondary N) is 1. The van der Waals surface area contributed by atoms with Crippen molar-refractivity contribution in [3.63, 3.8) is 0 Å². The highest BCUT2D eigenvalue weighted by Crippen LogP contribution is 2.20. The third-order valence-electron chi connectivity index (χ3n) is 3.79. The van der Waals surface area contributed by atoms with Gasteiger partial charge in [-0.15, -0.1) is 0 Å². The van der Waals surface area contributed by atoms with Gasteiger partial charge < -0.3 is 14.8 Å². The number of aliphatic hydroxyl groups excluding tert-OH is 1. The van der Waals surface area contributed by atoms with Gasteiger partial charge in [0, 0.05) is 24.1 Å². The first-order chi connectivity index (χ1) is 11.7. The molecule has 0 fully saturated rings. The first-order valence-corrected chi connectivity index (χ1v) is 7.85. The number of benzene rings is 2. The zero-order valence-electron chi connectivity index (χ0n) is 13.2. The maximum atomic E-state index is 12.3. The van der Waals surface area contributed by atoms with Gasteiger partial charge in [-0.1, -0.05) is 42.5 Å². The predicted molar refractivity (Wildman–Crippen MR) is 92.6 cm³/mol. The van der Waals surface area contributed by atoms with E-state index in [0.717, 1.165) is 16.7 Å². The number of carbonyl (C=O) groups is 1. The average molecular weight is 321 g/mol. The molecule has 24 heavy (non-hydrogen) atoms. The molecule has 0 aliphatic carbocycles. The van der Waals surface area contributed by atoms with Gasteiger partial charge in [-0.2, -0.15) is 0 Å². The topological polar surface area (TPSA) is 62.5 Å². The van der Waals surface area contributed by atoms with Crippen LogP contribution in [-0.2, 0) is 6.42 Å². The van der Waals surface area contributed by atoms with Gasteiger partial charge in [-0.05, 0) is 29.3 Å². The van der Waals surface area contributed by atoms with Gasteiger partial charge in [-0.3, -0.25) is 4.79 Å². The summed E-state index contributed by atoms with van der Waals surface area (Å²) in [5.41, 5.74) is 3.44. The van der Waals surface area contributed by atoms with Gasteiger partial charge in [0.1, 0.15) is 0 Å². The van der Waals surface area contributed by atoms with Crippen LogP contribution in [0.1, 0.15) is 15.9 Å². The lowest BCUT2D eigenvalue weighted by molar-refractivity contribution is 0.0916. The first kappa shape index (κ1) is 16.0. The van der Waals surface area contributed by atoms with E-state index in [9.17, 15) is 9.90 Å². The second-order valence-electron chi connectivity index (χ2n) is 5.65. The number of aliphatic hydroxyl groups is 1. The van der Waals surface area contributed by atoms with E-state index in [1.165, 1.54) is 0 Å². The molecule has 1 amide bonds. The van der Waals surface area contributed by atoms with Crippen molar-refractivity contribution in [1.29, 1.82) is 0 Å². The standard InChI is InChI=1S/C20H19NO3/c22-19(11-15-5-2-1-3-6-15)13-21-20(23)17-8-4-7-16(12-17)18-9-10-24-14-18/h1-10,12,14,19,22H,11,13H2,(H,21,23). The number of carbonyl (C=O) groups excluding carboxylic acids is 1. The number of hydrogen-bond acceptors (Lipinski definition) is 3. The van der Waals surface area contributed by atoms with Crippen LogP contribution >= 0.6 is 0 Å². The van der Waals surface area contributed by atoms with E-state index in [-0.39, 0.29) is 12.5 Å². The van der Waals surface area contributed by atoms with Crippen LogP contribution in [0.25, 0.3) is 11.1 Å². The number of furan rings is 1. The molecule has 1 aromatic heterocycles. The summed E-state index contributed by atoms with van der Waals surface area (Å²) in [6, 6.07) is 18.9. The van der Waals surface area contributed by atoms with E-state index in [2.05, 4.69) is 5.32 Å². The molecular weight excluding hydrogens is 302 g/mol. The Balaban J connectivity index is 1.58. The Morgan fingerprint density at radius 1 is 1.04 bits per heavy atom. The van der Waals surface area contributed by atoms with Crippen molar-refractivity contribution in [2.75, 3.05) is 6.54 Å². The van der Waals surface area contributed by atoms with Crippen LogP contribution in [0.2, 0.25) is 0 Å². The van der Waals surface area contributed by atoms with Crippen molar-refractivity contribution in [3.8, 4) is 11.1 Å². The minimum absolute atomic E-state index is 0.201. The number of amides is 1. The molecule has 2 N–H and O–H groups in total. The van der Waals surface area contributed by atoms with Crippen LogP contribution in [0, 0.1) is 0 Å². The molecule has 1 unspecified atom stereocenters. The quantitative estimate of drug-likeness (QED) is 0.732. The molecule has 2 aromatic carbocycles. The normalized spacial score (nSPS) is 11.9. The molecule has 4 heteroatoms. The highest BCUT2D eigenvalue weighted by molar-refractivity contribution is 5.95. The SMILES string of the molecule is O=C(NCC(O)Cc1ccccc1)c1cccc(-c2ccoc2)c1. The maximum absolute atomic E-state index is 12.3. The van der Waals surface area contributed by atoms with E-state index < -0.39 is 6.10 Å². The summed E-state index contributed by atoms with van der Waals surface area (Å²) >= 11 is 0. The summed E-state index contributed by atoms with van der Waals surface area (Å²) < 4.78 is 5.07. The fourth-order valence-corrected chi connectivity index (χ4v) is 2.54. The van der Waals surface area contributed by atoms with E-state index in [1.54, 1.807) is 18.6 Å². The lowest BCUT2D eigenvalue weighted by Crippen LogP contribution is -2.33. The summed E-state index contributed by atoms with van der Waals surface area (Å²) in [4.78, 5) is 12.3. The Morgan fingerprint density at radius 3 is 2.62 bits per heavy atom. The number of hydrogen-bond donors (Lipinski definition) is 2.